The molecule has 134 valence electrons. The summed E-state index contributed by atoms with van der Waals surface area (Å²) >= 11 is 4.64. The molecule has 0 saturated heterocycles. The third kappa shape index (κ3) is 3.54. The van der Waals surface area contributed by atoms with Gasteiger partial charge in [0.25, 0.3) is 0 Å². The Kier molecular flexibility index (Phi) is 5.79. The number of carbonyl (C=O) groups excluding carboxylic acids is 1. The Bertz CT molecular complexity index is 909. The molecular weight excluding hydrogens is 346 g/mol. The van der Waals surface area contributed by atoms with E-state index in [-0.39, 0.29) is 5.91 Å². The van der Waals surface area contributed by atoms with Crippen LogP contribution in [0.15, 0.2) is 60.7 Å². The number of rotatable bonds is 3. The summed E-state index contributed by atoms with van der Waals surface area (Å²) in [6, 6.07) is 20.4. The van der Waals surface area contributed by atoms with Crippen LogP contribution < -0.4 is 9.64 Å². The highest BCUT2D eigenvalue weighted by Gasteiger charge is 2.25. The second-order valence-electron chi connectivity index (χ2n) is 6.11. The highest BCUT2D eigenvalue weighted by Crippen LogP contribution is 2.40. The standard InChI is InChI=1S/C21H19NO2.CH3Cl/c1-15(23)22-12-11-18-17-9-5-6-10-19(17)21(13-20(18)22)24-14-16-7-3-2-4-8-16;1-2/h2-10,13H,11-12,14H2,1H3;1H3. The highest BCUT2D eigenvalue weighted by atomic mass is 35.5. The van der Waals surface area contributed by atoms with Gasteiger partial charge in [-0.25, -0.2) is 0 Å². The molecule has 3 aromatic carbocycles. The molecule has 0 aromatic heterocycles. The van der Waals surface area contributed by atoms with E-state index in [1.54, 1.807) is 6.92 Å². The smallest absolute Gasteiger partial charge is 0.223 e. The molecule has 0 fully saturated rings. The fourth-order valence-electron chi connectivity index (χ4n) is 3.42. The van der Waals surface area contributed by atoms with Crippen LogP contribution in [0.1, 0.15) is 18.1 Å². The molecule has 0 aliphatic carbocycles. The van der Waals surface area contributed by atoms with Crippen molar-refractivity contribution in [1.82, 2.24) is 0 Å². The van der Waals surface area contributed by atoms with E-state index in [4.69, 9.17) is 4.74 Å². The molecule has 4 heteroatoms. The molecular formula is C22H22ClNO2. The third-order valence-electron chi connectivity index (χ3n) is 4.59. The summed E-state index contributed by atoms with van der Waals surface area (Å²) in [6.07, 6.45) is 2.37. The van der Waals surface area contributed by atoms with Crippen LogP contribution in [-0.4, -0.2) is 18.8 Å². The zero-order valence-corrected chi connectivity index (χ0v) is 15.8. The van der Waals surface area contributed by atoms with E-state index in [1.807, 2.05) is 41.3 Å². The van der Waals surface area contributed by atoms with E-state index >= 15 is 0 Å². The Labute approximate surface area is 159 Å². The quantitative estimate of drug-likeness (QED) is 0.597. The van der Waals surface area contributed by atoms with Crippen molar-refractivity contribution < 1.29 is 9.53 Å². The van der Waals surface area contributed by atoms with Gasteiger partial charge >= 0.3 is 0 Å². The summed E-state index contributed by atoms with van der Waals surface area (Å²) in [5, 5.41) is 2.29. The van der Waals surface area contributed by atoms with E-state index in [0.717, 1.165) is 35.4 Å². The molecule has 1 aliphatic rings. The Balaban J connectivity index is 0.000000948. The molecule has 1 heterocycles. The number of halogens is 1. The van der Waals surface area contributed by atoms with Crippen LogP contribution in [0.25, 0.3) is 10.8 Å². The first-order valence-corrected chi connectivity index (χ1v) is 9.37. The van der Waals surface area contributed by atoms with Crippen LogP contribution in [0.3, 0.4) is 0 Å². The van der Waals surface area contributed by atoms with Crippen LogP contribution in [-0.2, 0) is 17.8 Å². The number of nitrogens with zero attached hydrogens (tertiary/aromatic N) is 1. The average Bonchev–Trinajstić information content (AvgIpc) is 3.13. The molecule has 0 radical (unpaired) electrons. The first-order chi connectivity index (χ1) is 12.7. The first kappa shape index (κ1) is 18.3. The first-order valence-electron chi connectivity index (χ1n) is 8.61. The molecule has 1 amide bonds. The van der Waals surface area contributed by atoms with Crippen molar-refractivity contribution >= 4 is 34.0 Å². The van der Waals surface area contributed by atoms with Gasteiger partial charge in [0.15, 0.2) is 0 Å². The lowest BCUT2D eigenvalue weighted by Crippen LogP contribution is -2.25. The number of fused-ring (bicyclic) bond motifs is 3. The molecule has 0 spiro atoms. The molecule has 4 rings (SSSR count). The zero-order chi connectivity index (χ0) is 18.5. The van der Waals surface area contributed by atoms with Gasteiger partial charge in [-0.2, -0.15) is 0 Å². The molecule has 26 heavy (non-hydrogen) atoms. The third-order valence-corrected chi connectivity index (χ3v) is 4.59. The Morgan fingerprint density at radius 3 is 2.38 bits per heavy atom. The van der Waals surface area contributed by atoms with Gasteiger partial charge in [0, 0.05) is 31.3 Å². The van der Waals surface area contributed by atoms with Gasteiger partial charge in [0.2, 0.25) is 5.91 Å². The van der Waals surface area contributed by atoms with E-state index in [9.17, 15) is 4.79 Å². The lowest BCUT2D eigenvalue weighted by molar-refractivity contribution is -0.116. The lowest BCUT2D eigenvalue weighted by Gasteiger charge is -2.18. The van der Waals surface area contributed by atoms with Crippen molar-refractivity contribution in [3.05, 3.63) is 71.8 Å². The van der Waals surface area contributed by atoms with Crippen LogP contribution in [0.5, 0.6) is 5.75 Å². The second-order valence-corrected chi connectivity index (χ2v) is 6.11. The van der Waals surface area contributed by atoms with Crippen LogP contribution in [0, 0.1) is 0 Å². The summed E-state index contributed by atoms with van der Waals surface area (Å²) < 4.78 is 6.12. The predicted octanol–water partition coefficient (Wildman–Crippen LogP) is 5.18. The normalized spacial score (nSPS) is 12.3. The van der Waals surface area contributed by atoms with E-state index in [0.29, 0.717) is 6.61 Å². The van der Waals surface area contributed by atoms with Gasteiger partial charge in [-0.1, -0.05) is 54.6 Å². The van der Waals surface area contributed by atoms with Crippen molar-refractivity contribution in [2.24, 2.45) is 0 Å². The number of amides is 1. The van der Waals surface area contributed by atoms with Gasteiger partial charge in [-0.05, 0) is 22.9 Å². The van der Waals surface area contributed by atoms with Gasteiger partial charge in [0.1, 0.15) is 12.4 Å². The van der Waals surface area contributed by atoms with Crippen LogP contribution in [0.2, 0.25) is 0 Å². The summed E-state index contributed by atoms with van der Waals surface area (Å²) in [5.41, 5.74) is 3.36. The Morgan fingerprint density at radius 1 is 1.04 bits per heavy atom. The molecule has 3 nitrogen and oxygen atoms in total. The monoisotopic (exact) mass is 367 g/mol. The molecule has 0 bridgehead atoms. The minimum Gasteiger partial charge on any atom is -0.488 e. The number of carbonyl (C=O) groups is 1. The van der Waals surface area contributed by atoms with Gasteiger partial charge in [0.05, 0.1) is 5.69 Å². The number of ether oxygens (including phenoxy) is 1. The number of benzene rings is 3. The second kappa shape index (κ2) is 8.24. The SMILES string of the molecule is CC(=O)N1CCc2c1cc(OCc1ccccc1)c1ccccc21.CCl. The molecule has 0 saturated carbocycles. The predicted molar refractivity (Wildman–Crippen MR) is 108 cm³/mol. The number of alkyl halides is 1. The summed E-state index contributed by atoms with van der Waals surface area (Å²) in [5.74, 6) is 0.916. The van der Waals surface area contributed by atoms with E-state index < -0.39 is 0 Å². The van der Waals surface area contributed by atoms with Crippen LogP contribution >= 0.6 is 11.6 Å². The van der Waals surface area contributed by atoms with Gasteiger partial charge < -0.3 is 9.64 Å². The largest absolute Gasteiger partial charge is 0.488 e. The molecule has 1 aliphatic heterocycles. The number of hydrogen-bond donors (Lipinski definition) is 0. The maximum Gasteiger partial charge on any atom is 0.223 e. The van der Waals surface area contributed by atoms with Crippen molar-refractivity contribution in [2.75, 3.05) is 17.8 Å². The summed E-state index contributed by atoms with van der Waals surface area (Å²) in [7, 11) is 0. The fourth-order valence-corrected chi connectivity index (χ4v) is 3.42. The van der Waals surface area contributed by atoms with E-state index in [2.05, 4.69) is 35.9 Å². The zero-order valence-electron chi connectivity index (χ0n) is 15.0. The topological polar surface area (TPSA) is 29.5 Å². The fraction of sp³-hybridized carbons (Fsp3) is 0.227. The maximum atomic E-state index is 11.9. The number of anilines is 1. The van der Waals surface area contributed by atoms with Crippen molar-refractivity contribution in [2.45, 2.75) is 20.0 Å². The summed E-state index contributed by atoms with van der Waals surface area (Å²) in [4.78, 5) is 13.8. The molecule has 0 atom stereocenters. The molecule has 0 N–H and O–H groups in total. The minimum absolute atomic E-state index is 0.0815. The van der Waals surface area contributed by atoms with E-state index in [1.165, 1.54) is 17.3 Å². The highest BCUT2D eigenvalue weighted by molar-refractivity contribution is 6.15. The van der Waals surface area contributed by atoms with Crippen molar-refractivity contribution in [3.8, 4) is 5.75 Å². The molecule has 0 unspecified atom stereocenters. The lowest BCUT2D eigenvalue weighted by atomic mass is 10.0. The average molecular weight is 368 g/mol. The minimum atomic E-state index is 0.0815. The van der Waals surface area contributed by atoms with Gasteiger partial charge in [-0.3, -0.25) is 4.79 Å². The van der Waals surface area contributed by atoms with Crippen molar-refractivity contribution in [3.63, 3.8) is 0 Å². The maximum absolute atomic E-state index is 11.9. The van der Waals surface area contributed by atoms with Crippen LogP contribution in [0.4, 0.5) is 5.69 Å². The van der Waals surface area contributed by atoms with Gasteiger partial charge in [-0.15, -0.1) is 11.6 Å². The molecule has 3 aromatic rings. The summed E-state index contributed by atoms with van der Waals surface area (Å²) in [6.45, 7) is 2.88. The number of hydrogen-bond acceptors (Lipinski definition) is 2. The Morgan fingerprint density at radius 2 is 1.69 bits per heavy atom. The van der Waals surface area contributed by atoms with Crippen molar-refractivity contribution in [1.29, 1.82) is 0 Å². The Hall–Kier alpha value is -2.52.